The van der Waals surface area contributed by atoms with E-state index in [1.54, 1.807) is 11.3 Å². The maximum absolute atomic E-state index is 10.4. The lowest BCUT2D eigenvalue weighted by Gasteiger charge is -2.03. The zero-order valence-electron chi connectivity index (χ0n) is 7.49. The zero-order valence-corrected chi connectivity index (χ0v) is 8.30. The smallest absolute Gasteiger partial charge is 0.320 e. The normalized spacial score (nSPS) is 12.8. The number of hydrogen-bond acceptors (Lipinski definition) is 3. The van der Waals surface area contributed by atoms with Gasteiger partial charge in [-0.1, -0.05) is 0 Å². The molecule has 1 aromatic rings. The highest BCUT2D eigenvalue weighted by Gasteiger charge is 2.11. The van der Waals surface area contributed by atoms with Gasteiger partial charge in [0.1, 0.15) is 6.04 Å². The van der Waals surface area contributed by atoms with Crippen LogP contribution in [0.1, 0.15) is 16.2 Å². The number of aryl methyl sites for hydroxylation is 2. The van der Waals surface area contributed by atoms with Crippen molar-refractivity contribution in [2.45, 2.75) is 25.8 Å². The minimum atomic E-state index is -0.923. The first-order valence-electron chi connectivity index (χ1n) is 4.13. The van der Waals surface area contributed by atoms with E-state index in [1.165, 1.54) is 9.75 Å². The Morgan fingerprint density at radius 1 is 1.69 bits per heavy atom. The minimum Gasteiger partial charge on any atom is -0.480 e. The molecule has 0 saturated heterocycles. The van der Waals surface area contributed by atoms with Crippen molar-refractivity contribution >= 4 is 17.3 Å². The summed E-state index contributed by atoms with van der Waals surface area (Å²) in [6.07, 6.45) is 1.27. The number of rotatable bonds is 4. The Labute approximate surface area is 81.2 Å². The van der Waals surface area contributed by atoms with Crippen molar-refractivity contribution in [3.63, 3.8) is 0 Å². The van der Waals surface area contributed by atoms with E-state index in [9.17, 15) is 4.79 Å². The predicted molar refractivity (Wildman–Crippen MR) is 53.0 cm³/mol. The van der Waals surface area contributed by atoms with Crippen LogP contribution in [-0.4, -0.2) is 17.1 Å². The highest BCUT2D eigenvalue weighted by molar-refractivity contribution is 7.11. The average Bonchev–Trinajstić information content (AvgIpc) is 2.47. The lowest BCUT2D eigenvalue weighted by atomic mass is 10.1. The Morgan fingerprint density at radius 2 is 2.38 bits per heavy atom. The first kappa shape index (κ1) is 10.2. The monoisotopic (exact) mass is 199 g/mol. The van der Waals surface area contributed by atoms with Crippen molar-refractivity contribution in [2.75, 3.05) is 0 Å². The van der Waals surface area contributed by atoms with Crippen molar-refractivity contribution in [3.05, 3.63) is 21.9 Å². The molecule has 0 aliphatic heterocycles. The number of carboxylic acids is 1. The van der Waals surface area contributed by atoms with E-state index in [-0.39, 0.29) is 0 Å². The van der Waals surface area contributed by atoms with Crippen LogP contribution < -0.4 is 5.73 Å². The van der Waals surface area contributed by atoms with E-state index in [0.717, 1.165) is 6.42 Å². The molecule has 1 heterocycles. The maximum Gasteiger partial charge on any atom is 0.320 e. The van der Waals surface area contributed by atoms with E-state index in [0.29, 0.717) is 6.42 Å². The van der Waals surface area contributed by atoms with Crippen LogP contribution in [0.2, 0.25) is 0 Å². The number of nitrogens with two attached hydrogens (primary N) is 1. The summed E-state index contributed by atoms with van der Waals surface area (Å²) in [7, 11) is 0. The molecule has 4 heteroatoms. The van der Waals surface area contributed by atoms with Crippen LogP contribution in [0.4, 0.5) is 0 Å². The van der Waals surface area contributed by atoms with Crippen LogP contribution in [0, 0.1) is 6.92 Å². The molecule has 0 radical (unpaired) electrons. The summed E-state index contributed by atoms with van der Waals surface area (Å²) < 4.78 is 0. The molecular weight excluding hydrogens is 186 g/mol. The van der Waals surface area contributed by atoms with Crippen LogP contribution in [0.3, 0.4) is 0 Å². The number of aliphatic carboxylic acids is 1. The largest absolute Gasteiger partial charge is 0.480 e. The SMILES string of the molecule is Cc1ccc(CC[C@@H](N)C(=O)O)s1. The molecule has 0 bridgehead atoms. The molecule has 1 atom stereocenters. The van der Waals surface area contributed by atoms with Crippen molar-refractivity contribution < 1.29 is 9.90 Å². The molecule has 0 aliphatic rings. The molecule has 3 nitrogen and oxygen atoms in total. The summed E-state index contributed by atoms with van der Waals surface area (Å²) in [5.74, 6) is -0.923. The minimum absolute atomic E-state index is 0.509. The summed E-state index contributed by atoms with van der Waals surface area (Å²) in [5, 5.41) is 8.54. The van der Waals surface area contributed by atoms with Crippen LogP contribution >= 0.6 is 11.3 Å². The van der Waals surface area contributed by atoms with Gasteiger partial charge in [0.25, 0.3) is 0 Å². The Morgan fingerprint density at radius 3 is 2.85 bits per heavy atom. The Hall–Kier alpha value is -0.870. The number of carboxylic acid groups (broad SMARTS) is 1. The van der Waals surface area contributed by atoms with Crippen LogP contribution in [-0.2, 0) is 11.2 Å². The average molecular weight is 199 g/mol. The topological polar surface area (TPSA) is 63.3 Å². The van der Waals surface area contributed by atoms with E-state index in [1.807, 2.05) is 19.1 Å². The van der Waals surface area contributed by atoms with Gasteiger partial charge >= 0.3 is 5.97 Å². The summed E-state index contributed by atoms with van der Waals surface area (Å²) in [6.45, 7) is 2.03. The van der Waals surface area contributed by atoms with E-state index < -0.39 is 12.0 Å². The molecule has 0 unspecified atom stereocenters. The fraction of sp³-hybridized carbons (Fsp3) is 0.444. The first-order chi connectivity index (χ1) is 6.09. The molecule has 13 heavy (non-hydrogen) atoms. The summed E-state index contributed by atoms with van der Waals surface area (Å²) in [6, 6.07) is 3.32. The second-order valence-electron chi connectivity index (χ2n) is 3.00. The third kappa shape index (κ3) is 3.16. The molecule has 1 aromatic heterocycles. The molecule has 72 valence electrons. The van der Waals surface area contributed by atoms with E-state index in [2.05, 4.69) is 0 Å². The standard InChI is InChI=1S/C9H13NO2S/c1-6-2-3-7(13-6)4-5-8(10)9(11)12/h2-3,8H,4-5,10H2,1H3,(H,11,12)/t8-/m1/s1. The van der Waals surface area contributed by atoms with Crippen molar-refractivity contribution in [3.8, 4) is 0 Å². The lowest BCUT2D eigenvalue weighted by Crippen LogP contribution is -2.30. The van der Waals surface area contributed by atoms with Gasteiger partial charge < -0.3 is 10.8 Å². The molecule has 0 saturated carbocycles. The quantitative estimate of drug-likeness (QED) is 0.770. The second kappa shape index (κ2) is 4.39. The fourth-order valence-electron chi connectivity index (χ4n) is 1.04. The Balaban J connectivity index is 2.39. The van der Waals surface area contributed by atoms with Gasteiger partial charge in [-0.3, -0.25) is 4.79 Å². The van der Waals surface area contributed by atoms with Crippen molar-refractivity contribution in [1.82, 2.24) is 0 Å². The molecular formula is C9H13NO2S. The van der Waals surface area contributed by atoms with Gasteiger partial charge in [-0.15, -0.1) is 11.3 Å². The highest BCUT2D eigenvalue weighted by Crippen LogP contribution is 2.16. The Bertz CT molecular complexity index is 296. The number of thiophene rings is 1. The zero-order chi connectivity index (χ0) is 9.84. The summed E-state index contributed by atoms with van der Waals surface area (Å²) >= 11 is 1.69. The van der Waals surface area contributed by atoms with Crippen LogP contribution in [0.25, 0.3) is 0 Å². The van der Waals surface area contributed by atoms with Gasteiger partial charge in [0, 0.05) is 9.75 Å². The third-order valence-corrected chi connectivity index (χ3v) is 2.88. The third-order valence-electron chi connectivity index (χ3n) is 1.81. The van der Waals surface area contributed by atoms with Gasteiger partial charge in [-0.2, -0.15) is 0 Å². The first-order valence-corrected chi connectivity index (χ1v) is 4.95. The van der Waals surface area contributed by atoms with Crippen LogP contribution in [0.5, 0.6) is 0 Å². The summed E-state index contributed by atoms with van der Waals surface area (Å²) in [4.78, 5) is 12.9. The molecule has 0 fully saturated rings. The molecule has 0 aliphatic carbocycles. The molecule has 0 amide bonds. The van der Waals surface area contributed by atoms with Crippen molar-refractivity contribution in [1.29, 1.82) is 0 Å². The van der Waals surface area contributed by atoms with Gasteiger partial charge in [0.15, 0.2) is 0 Å². The second-order valence-corrected chi connectivity index (χ2v) is 4.37. The van der Waals surface area contributed by atoms with Gasteiger partial charge in [-0.05, 0) is 31.9 Å². The number of hydrogen-bond donors (Lipinski definition) is 2. The Kier molecular flexibility index (Phi) is 3.45. The predicted octanol–water partition coefficient (Wildman–Crippen LogP) is 1.40. The molecule has 3 N–H and O–H groups in total. The maximum atomic E-state index is 10.4. The lowest BCUT2D eigenvalue weighted by molar-refractivity contribution is -0.138. The van der Waals surface area contributed by atoms with E-state index >= 15 is 0 Å². The van der Waals surface area contributed by atoms with Gasteiger partial charge in [-0.25, -0.2) is 0 Å². The number of carbonyl (C=O) groups is 1. The van der Waals surface area contributed by atoms with Crippen LogP contribution in [0.15, 0.2) is 12.1 Å². The van der Waals surface area contributed by atoms with Crippen molar-refractivity contribution in [2.24, 2.45) is 5.73 Å². The molecule has 0 spiro atoms. The van der Waals surface area contributed by atoms with E-state index in [4.69, 9.17) is 10.8 Å². The van der Waals surface area contributed by atoms with Gasteiger partial charge in [0.2, 0.25) is 0 Å². The van der Waals surface area contributed by atoms with Gasteiger partial charge in [0.05, 0.1) is 0 Å². The summed E-state index contributed by atoms with van der Waals surface area (Å²) in [5.41, 5.74) is 5.38. The molecule has 1 rings (SSSR count). The fourth-order valence-corrected chi connectivity index (χ4v) is 1.95. The highest BCUT2D eigenvalue weighted by atomic mass is 32.1. The molecule has 0 aromatic carbocycles.